The molecule has 0 bridgehead atoms. The molecule has 0 saturated carbocycles. The zero-order chi connectivity index (χ0) is 48.2. The van der Waals surface area contributed by atoms with Crippen molar-refractivity contribution in [1.29, 1.82) is 0 Å². The number of hydrogen-bond acceptors (Lipinski definition) is 9. The van der Waals surface area contributed by atoms with Gasteiger partial charge in [-0.3, -0.25) is 38.4 Å². The highest BCUT2D eigenvalue weighted by molar-refractivity contribution is 5.99. The topological polar surface area (TPSA) is 209 Å². The monoisotopic (exact) mass is 897 g/mol. The normalized spacial score (nSPS) is 26.5. The Labute approximate surface area is 380 Å². The predicted molar refractivity (Wildman–Crippen MR) is 243 cm³/mol. The van der Waals surface area contributed by atoms with E-state index in [-0.39, 0.29) is 43.4 Å². The van der Waals surface area contributed by atoms with Gasteiger partial charge in [0.15, 0.2) is 0 Å². The first kappa shape index (κ1) is 53.3. The van der Waals surface area contributed by atoms with Crippen LogP contribution < -0.4 is 16.0 Å². The third-order valence-corrected chi connectivity index (χ3v) is 12.3. The third-order valence-electron chi connectivity index (χ3n) is 12.3. The summed E-state index contributed by atoms with van der Waals surface area (Å²) < 4.78 is 0. The van der Waals surface area contributed by atoms with E-state index in [9.17, 15) is 43.5 Å². The molecule has 1 aromatic carbocycles. The average molecular weight is 897 g/mol. The molecule has 2 saturated heterocycles. The Morgan fingerprint density at radius 1 is 0.609 bits per heavy atom. The molecule has 2 heterocycles. The van der Waals surface area contributed by atoms with Gasteiger partial charge in [-0.1, -0.05) is 71.9 Å². The summed E-state index contributed by atoms with van der Waals surface area (Å²) >= 11 is 0. The van der Waals surface area contributed by atoms with E-state index in [0.717, 1.165) is 29.7 Å². The van der Waals surface area contributed by atoms with Gasteiger partial charge in [0.25, 0.3) is 0 Å². The van der Waals surface area contributed by atoms with E-state index in [4.69, 9.17) is 0 Å². The van der Waals surface area contributed by atoms with Crippen LogP contribution in [0.4, 0.5) is 0 Å². The number of carbonyl (C=O) groups is 8. The fourth-order valence-corrected chi connectivity index (χ4v) is 8.47. The quantitative estimate of drug-likeness (QED) is 0.270. The number of piperidine rings is 1. The first-order valence-electron chi connectivity index (χ1n) is 22.9. The number of rotatable bonds is 10. The molecular formula is C47H76N8O9. The number of carbonyl (C=O) groups excluding carboxylic acids is 8. The van der Waals surface area contributed by atoms with Gasteiger partial charge >= 0.3 is 0 Å². The van der Waals surface area contributed by atoms with Gasteiger partial charge in [0, 0.05) is 47.7 Å². The molecule has 0 aliphatic carbocycles. The number of likely N-dealkylation sites (N-methyl/N-ethyl adjacent to an activating group) is 4. The van der Waals surface area contributed by atoms with Crippen LogP contribution in [0.2, 0.25) is 0 Å². The van der Waals surface area contributed by atoms with Crippen molar-refractivity contribution in [1.82, 2.24) is 40.4 Å². The Balaban J connectivity index is 2.25. The Hall–Kier alpha value is -5.06. The minimum atomic E-state index is -1.55. The van der Waals surface area contributed by atoms with Gasteiger partial charge in [-0.15, -0.1) is 0 Å². The van der Waals surface area contributed by atoms with Crippen molar-refractivity contribution in [2.45, 2.75) is 155 Å². The van der Waals surface area contributed by atoms with Gasteiger partial charge in [0.05, 0.1) is 12.5 Å². The SMILES string of the molecule is CC(C)C[C@H]1C(=O)N[C@H](C(=O)N2CCCCC2)CC(=O)N[C@H](C)C(=O)N(C)[C@@H](CC(C)C)C(=O)N(C)[C@@H](Cc2ccccc2)C(=O)N(C)[C@@H](CC(C)C)C(=O)N[C@@H](C(C)O)C(=O)N1C. The maximum absolute atomic E-state index is 14.9. The van der Waals surface area contributed by atoms with Crippen molar-refractivity contribution in [2.75, 3.05) is 41.3 Å². The predicted octanol–water partition coefficient (Wildman–Crippen LogP) is 1.95. The fourth-order valence-electron chi connectivity index (χ4n) is 8.47. The summed E-state index contributed by atoms with van der Waals surface area (Å²) in [6.45, 7) is 14.9. The van der Waals surface area contributed by atoms with Crippen molar-refractivity contribution < 1.29 is 43.5 Å². The number of aliphatic hydroxyl groups excluding tert-OH is 1. The number of nitrogens with zero attached hydrogens (tertiary/aromatic N) is 5. The summed E-state index contributed by atoms with van der Waals surface area (Å²) in [6, 6.07) is 0.441. The maximum Gasteiger partial charge on any atom is 0.248 e. The highest BCUT2D eigenvalue weighted by Gasteiger charge is 2.42. The summed E-state index contributed by atoms with van der Waals surface area (Å²) in [5.41, 5.74) is 0.737. The summed E-state index contributed by atoms with van der Waals surface area (Å²) in [5, 5.41) is 19.2. The van der Waals surface area contributed by atoms with Gasteiger partial charge in [0.1, 0.15) is 42.3 Å². The van der Waals surface area contributed by atoms with Gasteiger partial charge in [-0.25, -0.2) is 0 Å². The van der Waals surface area contributed by atoms with E-state index < -0.39 is 102 Å². The lowest BCUT2D eigenvalue weighted by Crippen LogP contribution is -2.63. The Morgan fingerprint density at radius 2 is 1.06 bits per heavy atom. The molecule has 1 aromatic rings. The van der Waals surface area contributed by atoms with Crippen molar-refractivity contribution in [3.8, 4) is 0 Å². The Morgan fingerprint density at radius 3 is 1.58 bits per heavy atom. The van der Waals surface area contributed by atoms with Gasteiger partial charge in [-0.2, -0.15) is 0 Å². The van der Waals surface area contributed by atoms with Crippen LogP contribution >= 0.6 is 0 Å². The standard InChI is InChI=1S/C47H76N8O9/c1-28(2)23-35-41(58)49-34(44(61)55-21-17-14-18-22-55)27-39(57)48-31(7)43(60)53(11)37(25-30(5)6)45(62)54(12)38(26-33-19-15-13-16-20-33)46(63)51(9)36(24-29(3)4)42(59)50-40(32(8)56)47(64)52(35)10/h13,15-16,19-20,28-32,34-38,40,56H,14,17-18,21-27H2,1-12H3,(H,48,57)(H,49,58)(H,50,59)/t31-,32?,34+,35+,36+,37+,38+,40+/m1/s1. The molecule has 64 heavy (non-hydrogen) atoms. The van der Waals surface area contributed by atoms with Crippen LogP contribution in [-0.2, 0) is 44.8 Å². The van der Waals surface area contributed by atoms with Gasteiger partial charge < -0.3 is 45.6 Å². The number of nitrogens with one attached hydrogen (secondary N) is 3. The largest absolute Gasteiger partial charge is 0.391 e. The molecule has 17 heteroatoms. The van der Waals surface area contributed by atoms with Crippen LogP contribution in [0.15, 0.2) is 30.3 Å². The highest BCUT2D eigenvalue weighted by atomic mass is 16.3. The minimum absolute atomic E-state index is 0.0665. The molecule has 0 aromatic heterocycles. The second-order valence-corrected chi connectivity index (χ2v) is 19.1. The molecule has 1 unspecified atom stereocenters. The van der Waals surface area contributed by atoms with E-state index in [1.54, 1.807) is 4.90 Å². The van der Waals surface area contributed by atoms with E-state index in [2.05, 4.69) is 16.0 Å². The first-order chi connectivity index (χ1) is 30.0. The van der Waals surface area contributed by atoms with E-state index in [1.807, 2.05) is 71.9 Å². The van der Waals surface area contributed by atoms with Gasteiger partial charge in [0.2, 0.25) is 47.3 Å². The van der Waals surface area contributed by atoms with Crippen LogP contribution in [0.25, 0.3) is 0 Å². The maximum atomic E-state index is 14.9. The lowest BCUT2D eigenvalue weighted by atomic mass is 9.96. The molecule has 3 rings (SSSR count). The van der Waals surface area contributed by atoms with E-state index in [1.165, 1.54) is 56.7 Å². The molecule has 0 spiro atoms. The molecule has 0 radical (unpaired) electrons. The molecular weight excluding hydrogens is 821 g/mol. The van der Waals surface area contributed by atoms with Crippen LogP contribution in [0.1, 0.15) is 106 Å². The first-order valence-corrected chi connectivity index (χ1v) is 22.9. The second-order valence-electron chi connectivity index (χ2n) is 19.1. The number of aliphatic hydroxyl groups is 1. The lowest BCUT2D eigenvalue weighted by Gasteiger charge is -2.39. The van der Waals surface area contributed by atoms with Crippen molar-refractivity contribution >= 4 is 47.3 Å². The Kier molecular flexibility index (Phi) is 20.2. The van der Waals surface area contributed by atoms with Crippen LogP contribution in [0.3, 0.4) is 0 Å². The van der Waals surface area contributed by atoms with Crippen LogP contribution in [-0.4, -0.2) is 167 Å². The summed E-state index contributed by atoms with van der Waals surface area (Å²) in [5.74, 6) is -5.48. The number of hydrogen-bond donors (Lipinski definition) is 4. The van der Waals surface area contributed by atoms with E-state index in [0.29, 0.717) is 13.1 Å². The average Bonchev–Trinajstić information content (AvgIpc) is 3.24. The lowest BCUT2D eigenvalue weighted by molar-refractivity contribution is -0.153. The molecule has 2 aliphatic heterocycles. The van der Waals surface area contributed by atoms with Crippen LogP contribution in [0, 0.1) is 17.8 Å². The molecule has 358 valence electrons. The molecule has 8 amide bonds. The summed E-state index contributed by atoms with van der Waals surface area (Å²) in [6.07, 6.45) is 1.01. The number of likely N-dealkylation sites (tertiary alicyclic amines) is 1. The number of amides is 8. The Bertz CT molecular complexity index is 1780. The third kappa shape index (κ3) is 14.5. The van der Waals surface area contributed by atoms with Gasteiger partial charge in [-0.05, 0) is 75.7 Å². The number of benzene rings is 1. The zero-order valence-corrected chi connectivity index (χ0v) is 40.3. The highest BCUT2D eigenvalue weighted by Crippen LogP contribution is 2.22. The molecule has 2 fully saturated rings. The summed E-state index contributed by atoms with van der Waals surface area (Å²) in [4.78, 5) is 122. The fraction of sp³-hybridized carbons (Fsp3) is 0.702. The second kappa shape index (κ2) is 24.3. The minimum Gasteiger partial charge on any atom is -0.391 e. The van der Waals surface area contributed by atoms with E-state index >= 15 is 0 Å². The zero-order valence-electron chi connectivity index (χ0n) is 40.3. The van der Waals surface area contributed by atoms with Crippen molar-refractivity contribution in [3.63, 3.8) is 0 Å². The summed E-state index contributed by atoms with van der Waals surface area (Å²) in [7, 11) is 5.81. The molecule has 2 aliphatic rings. The van der Waals surface area contributed by atoms with Crippen molar-refractivity contribution in [3.05, 3.63) is 35.9 Å². The van der Waals surface area contributed by atoms with Crippen LogP contribution in [0.5, 0.6) is 0 Å². The van der Waals surface area contributed by atoms with Crippen molar-refractivity contribution in [2.24, 2.45) is 17.8 Å². The molecule has 8 atom stereocenters. The molecule has 4 N–H and O–H groups in total. The molecule has 17 nitrogen and oxygen atoms in total. The smallest absolute Gasteiger partial charge is 0.248 e.